The van der Waals surface area contributed by atoms with E-state index >= 15 is 0 Å². The number of carbonyl (C=O) groups is 2. The molecule has 0 spiro atoms. The van der Waals surface area contributed by atoms with Crippen LogP contribution in [-0.4, -0.2) is 25.2 Å². The van der Waals surface area contributed by atoms with Crippen LogP contribution in [0.3, 0.4) is 0 Å². The number of carbonyl (C=O) groups excluding carboxylic acids is 2. The average Bonchev–Trinajstić information content (AvgIpc) is 2.53. The fraction of sp³-hybridized carbons (Fsp3) is 0.556. The first-order valence-corrected chi connectivity index (χ1v) is 8.56. The summed E-state index contributed by atoms with van der Waals surface area (Å²) in [6.07, 6.45) is 4.58. The Labute approximate surface area is 143 Å². The highest BCUT2D eigenvalue weighted by Gasteiger charge is 2.08. The molecule has 0 amide bonds. The molecule has 4 nitrogen and oxygen atoms in total. The molecular weight excluding hydrogens is 316 g/mol. The Hall–Kier alpha value is -1.55. The van der Waals surface area contributed by atoms with Crippen LogP contribution in [0, 0.1) is 0 Å². The molecule has 0 saturated heterocycles. The number of hydrogen-bond acceptors (Lipinski definition) is 4. The third-order valence-corrected chi connectivity index (χ3v) is 3.73. The lowest BCUT2D eigenvalue weighted by Gasteiger charge is -2.06. The van der Waals surface area contributed by atoms with E-state index in [4.69, 9.17) is 21.1 Å². The van der Waals surface area contributed by atoms with E-state index in [0.717, 1.165) is 24.8 Å². The maximum absolute atomic E-state index is 11.6. The van der Waals surface area contributed by atoms with Crippen molar-refractivity contribution in [3.63, 3.8) is 0 Å². The maximum atomic E-state index is 11.6. The molecule has 0 unspecified atom stereocenters. The second kappa shape index (κ2) is 11.9. The lowest BCUT2D eigenvalue weighted by molar-refractivity contribution is -0.145. The molecular formula is C18H25ClO4. The Kier molecular flexibility index (Phi) is 10.1. The summed E-state index contributed by atoms with van der Waals surface area (Å²) in [7, 11) is 0. The molecule has 0 aliphatic heterocycles. The van der Waals surface area contributed by atoms with Gasteiger partial charge in [0.15, 0.2) is 0 Å². The normalized spacial score (nSPS) is 10.3. The summed E-state index contributed by atoms with van der Waals surface area (Å²) < 4.78 is 10.2. The third kappa shape index (κ3) is 9.24. The predicted octanol–water partition coefficient (Wildman–Crippen LogP) is 4.33. The highest BCUT2D eigenvalue weighted by molar-refractivity contribution is 6.31. The lowest BCUT2D eigenvalue weighted by Crippen LogP contribution is -2.10. The second-order valence-corrected chi connectivity index (χ2v) is 5.75. The van der Waals surface area contributed by atoms with Gasteiger partial charge in [0.2, 0.25) is 0 Å². The van der Waals surface area contributed by atoms with Gasteiger partial charge >= 0.3 is 11.9 Å². The van der Waals surface area contributed by atoms with Crippen LogP contribution >= 0.6 is 11.6 Å². The summed E-state index contributed by atoms with van der Waals surface area (Å²) in [5.74, 6) is -0.541. The van der Waals surface area contributed by atoms with E-state index in [1.54, 1.807) is 0 Å². The quantitative estimate of drug-likeness (QED) is 0.444. The van der Waals surface area contributed by atoms with Gasteiger partial charge in [-0.3, -0.25) is 9.59 Å². The van der Waals surface area contributed by atoms with Crippen LogP contribution in [0.4, 0.5) is 0 Å². The molecule has 0 atom stereocenters. The first-order chi connectivity index (χ1) is 11.1. The van der Waals surface area contributed by atoms with Gasteiger partial charge in [-0.1, -0.05) is 49.6 Å². The van der Waals surface area contributed by atoms with Crippen molar-refractivity contribution in [3.05, 3.63) is 34.9 Å². The number of halogens is 1. The second-order valence-electron chi connectivity index (χ2n) is 5.34. The van der Waals surface area contributed by atoms with Crippen LogP contribution in [0.1, 0.15) is 51.0 Å². The molecule has 1 aromatic carbocycles. The summed E-state index contributed by atoms with van der Waals surface area (Å²) >= 11 is 6.03. The maximum Gasteiger partial charge on any atom is 0.305 e. The largest absolute Gasteiger partial charge is 0.466 e. The van der Waals surface area contributed by atoms with Gasteiger partial charge in [-0.25, -0.2) is 0 Å². The van der Waals surface area contributed by atoms with Crippen LogP contribution in [0.2, 0.25) is 5.02 Å². The minimum atomic E-state index is -0.296. The van der Waals surface area contributed by atoms with Crippen LogP contribution < -0.4 is 0 Å². The third-order valence-electron chi connectivity index (χ3n) is 3.37. The molecule has 23 heavy (non-hydrogen) atoms. The summed E-state index contributed by atoms with van der Waals surface area (Å²) in [6.45, 7) is 2.86. The average molecular weight is 341 g/mol. The summed E-state index contributed by atoms with van der Waals surface area (Å²) in [5, 5.41) is 0.675. The monoisotopic (exact) mass is 340 g/mol. The molecule has 5 heteroatoms. The fourth-order valence-electron chi connectivity index (χ4n) is 2.04. The minimum Gasteiger partial charge on any atom is -0.466 e. The zero-order valence-electron chi connectivity index (χ0n) is 13.7. The number of unbranched alkanes of at least 4 members (excludes halogenated alkanes) is 2. The molecule has 0 aliphatic rings. The predicted molar refractivity (Wildman–Crippen MR) is 90.5 cm³/mol. The zero-order valence-corrected chi connectivity index (χ0v) is 14.4. The van der Waals surface area contributed by atoms with Crippen LogP contribution in [0.5, 0.6) is 0 Å². The fourth-order valence-corrected chi connectivity index (χ4v) is 2.27. The van der Waals surface area contributed by atoms with Crippen molar-refractivity contribution in [1.82, 2.24) is 0 Å². The van der Waals surface area contributed by atoms with Crippen molar-refractivity contribution in [3.8, 4) is 0 Å². The first-order valence-electron chi connectivity index (χ1n) is 8.18. The Morgan fingerprint density at radius 3 is 2.26 bits per heavy atom. The van der Waals surface area contributed by atoms with Crippen molar-refractivity contribution in [2.45, 2.75) is 51.9 Å². The topological polar surface area (TPSA) is 52.6 Å². The number of benzene rings is 1. The van der Waals surface area contributed by atoms with E-state index in [2.05, 4.69) is 6.92 Å². The van der Waals surface area contributed by atoms with E-state index < -0.39 is 0 Å². The SMILES string of the molecule is CCCCCOC(=O)CCCC(=O)OCCc1ccccc1Cl. The Morgan fingerprint density at radius 2 is 1.61 bits per heavy atom. The molecule has 0 bridgehead atoms. The number of esters is 2. The number of rotatable bonds is 11. The van der Waals surface area contributed by atoms with Crippen molar-refractivity contribution in [2.75, 3.05) is 13.2 Å². The molecule has 0 aromatic heterocycles. The number of ether oxygens (including phenoxy) is 2. The van der Waals surface area contributed by atoms with Gasteiger partial charge in [0.05, 0.1) is 13.2 Å². The molecule has 128 valence electrons. The summed E-state index contributed by atoms with van der Waals surface area (Å²) in [5.41, 5.74) is 0.956. The Bertz CT molecular complexity index is 488. The van der Waals surface area contributed by atoms with Gasteiger partial charge < -0.3 is 9.47 Å². The van der Waals surface area contributed by atoms with Crippen LogP contribution in [0.25, 0.3) is 0 Å². The Balaban J connectivity index is 2.06. The van der Waals surface area contributed by atoms with Gasteiger partial charge in [0.1, 0.15) is 0 Å². The van der Waals surface area contributed by atoms with Gasteiger partial charge in [-0.15, -0.1) is 0 Å². The summed E-state index contributed by atoms with van der Waals surface area (Å²) in [4.78, 5) is 23.0. The Morgan fingerprint density at radius 1 is 0.957 bits per heavy atom. The lowest BCUT2D eigenvalue weighted by atomic mass is 10.2. The van der Waals surface area contributed by atoms with Gasteiger partial charge in [-0.05, 0) is 24.5 Å². The highest BCUT2D eigenvalue weighted by atomic mass is 35.5. The van der Waals surface area contributed by atoms with E-state index in [9.17, 15) is 9.59 Å². The van der Waals surface area contributed by atoms with Crippen LogP contribution in [-0.2, 0) is 25.5 Å². The van der Waals surface area contributed by atoms with Crippen molar-refractivity contribution in [1.29, 1.82) is 0 Å². The van der Waals surface area contributed by atoms with Gasteiger partial charge in [0.25, 0.3) is 0 Å². The highest BCUT2D eigenvalue weighted by Crippen LogP contribution is 2.15. The van der Waals surface area contributed by atoms with Crippen molar-refractivity contribution >= 4 is 23.5 Å². The van der Waals surface area contributed by atoms with E-state index in [1.807, 2.05) is 24.3 Å². The molecule has 0 N–H and O–H groups in total. The molecule has 0 radical (unpaired) electrons. The number of hydrogen-bond donors (Lipinski definition) is 0. The van der Waals surface area contributed by atoms with Crippen LogP contribution in [0.15, 0.2) is 24.3 Å². The van der Waals surface area contributed by atoms with Crippen molar-refractivity contribution in [2.24, 2.45) is 0 Å². The van der Waals surface area contributed by atoms with Gasteiger partial charge in [-0.2, -0.15) is 0 Å². The minimum absolute atomic E-state index is 0.229. The smallest absolute Gasteiger partial charge is 0.305 e. The standard InChI is InChI=1S/C18H25ClO4/c1-2-3-6-13-22-17(20)10-7-11-18(21)23-14-12-15-8-4-5-9-16(15)19/h4-5,8-9H,2-3,6-7,10-14H2,1H3. The molecule has 0 fully saturated rings. The first kappa shape index (κ1) is 19.5. The van der Waals surface area contributed by atoms with E-state index in [0.29, 0.717) is 31.1 Å². The molecule has 0 saturated carbocycles. The van der Waals surface area contributed by atoms with E-state index in [1.165, 1.54) is 0 Å². The molecule has 0 aliphatic carbocycles. The summed E-state index contributed by atoms with van der Waals surface area (Å²) in [6, 6.07) is 7.48. The zero-order chi connectivity index (χ0) is 16.9. The van der Waals surface area contributed by atoms with E-state index in [-0.39, 0.29) is 24.8 Å². The van der Waals surface area contributed by atoms with Crippen molar-refractivity contribution < 1.29 is 19.1 Å². The van der Waals surface area contributed by atoms with Gasteiger partial charge in [0, 0.05) is 24.3 Å². The molecule has 0 heterocycles. The molecule has 1 aromatic rings. The molecule has 1 rings (SSSR count).